The number of hydrogen-bond donors (Lipinski definition) is 4. The smallest absolute Gasteiger partial charge is 0.387 e. The number of carbonyl (C=O) groups excluding carboxylic acids is 1. The van der Waals surface area contributed by atoms with Crippen molar-refractivity contribution >= 4 is 13.7 Å². The van der Waals surface area contributed by atoms with Crippen LogP contribution in [0.3, 0.4) is 0 Å². The van der Waals surface area contributed by atoms with E-state index in [-0.39, 0.29) is 25.7 Å². The lowest BCUT2D eigenvalue weighted by molar-refractivity contribution is -0.123. The van der Waals surface area contributed by atoms with Gasteiger partial charge in [-0.05, 0) is 64.2 Å². The summed E-state index contributed by atoms with van der Waals surface area (Å²) in [5, 5.41) is 13.6. The van der Waals surface area contributed by atoms with Crippen LogP contribution in [0.5, 0.6) is 0 Å². The standard InChI is InChI=1S/C39H73N2O6P/c1-3-5-7-9-11-13-15-17-18-19-20-21-23-25-27-29-31-33-39(43)41-37(36-47-48(44,45)46-35-34-40)38(42)32-30-28-26-24-22-16-14-12-10-8-6-4-2/h11,13,17-18,22,24,30,32,37-38,42H,3-10,12,14-16,19-21,23,25-29,31,33-36,40H2,1-2H3,(H,41,43)(H,44,45)/b13-11-,18-17-,24-22+,32-30+. The summed E-state index contributed by atoms with van der Waals surface area (Å²) < 4.78 is 22.0. The minimum atomic E-state index is -4.34. The third-order valence-corrected chi connectivity index (χ3v) is 9.11. The van der Waals surface area contributed by atoms with Gasteiger partial charge < -0.3 is 21.1 Å². The average molecular weight is 697 g/mol. The predicted molar refractivity (Wildman–Crippen MR) is 203 cm³/mol. The highest BCUT2D eigenvalue weighted by Gasteiger charge is 2.26. The van der Waals surface area contributed by atoms with Crippen LogP contribution in [0.2, 0.25) is 0 Å². The van der Waals surface area contributed by atoms with E-state index in [9.17, 15) is 19.4 Å². The van der Waals surface area contributed by atoms with Crippen molar-refractivity contribution in [2.75, 3.05) is 19.8 Å². The minimum absolute atomic E-state index is 0.0710. The number of amides is 1. The Labute approximate surface area is 294 Å². The van der Waals surface area contributed by atoms with Gasteiger partial charge in [-0.3, -0.25) is 13.8 Å². The van der Waals surface area contributed by atoms with Crippen molar-refractivity contribution in [1.29, 1.82) is 0 Å². The molecule has 0 aromatic rings. The van der Waals surface area contributed by atoms with Crippen molar-refractivity contribution in [3.05, 3.63) is 48.6 Å². The number of nitrogens with one attached hydrogen (secondary N) is 1. The normalized spacial score (nSPS) is 14.9. The molecule has 0 bridgehead atoms. The van der Waals surface area contributed by atoms with Crippen LogP contribution in [-0.4, -0.2) is 47.8 Å². The SMILES string of the molecule is CCCCC/C=C\C/C=C\CCCCCCCCCC(=O)NC(COP(=O)(O)OCCN)C(O)/C=C/CC/C=C/CCCCCCCC. The minimum Gasteiger partial charge on any atom is -0.387 e. The zero-order valence-corrected chi connectivity index (χ0v) is 31.6. The van der Waals surface area contributed by atoms with E-state index in [1.807, 2.05) is 6.08 Å². The third kappa shape index (κ3) is 33.0. The monoisotopic (exact) mass is 697 g/mol. The van der Waals surface area contributed by atoms with Crippen LogP contribution < -0.4 is 11.1 Å². The summed E-state index contributed by atoms with van der Waals surface area (Å²) in [6, 6.07) is -0.880. The van der Waals surface area contributed by atoms with E-state index >= 15 is 0 Å². The zero-order valence-electron chi connectivity index (χ0n) is 30.7. The number of hydrogen-bond acceptors (Lipinski definition) is 6. The summed E-state index contributed by atoms with van der Waals surface area (Å²) in [6.07, 6.45) is 41.5. The average Bonchev–Trinajstić information content (AvgIpc) is 3.07. The van der Waals surface area contributed by atoms with E-state index in [0.717, 1.165) is 57.8 Å². The molecule has 0 radical (unpaired) electrons. The van der Waals surface area contributed by atoms with Gasteiger partial charge in [0.05, 0.1) is 25.4 Å². The van der Waals surface area contributed by atoms with Gasteiger partial charge in [0, 0.05) is 13.0 Å². The molecule has 0 aromatic carbocycles. The maximum atomic E-state index is 12.7. The van der Waals surface area contributed by atoms with Crippen LogP contribution in [0.4, 0.5) is 0 Å². The maximum absolute atomic E-state index is 12.7. The molecule has 280 valence electrons. The molecule has 0 aliphatic heterocycles. The molecule has 0 aliphatic rings. The second-order valence-electron chi connectivity index (χ2n) is 12.8. The van der Waals surface area contributed by atoms with Crippen molar-refractivity contribution in [2.24, 2.45) is 5.73 Å². The van der Waals surface area contributed by atoms with Gasteiger partial charge in [-0.15, -0.1) is 0 Å². The Morgan fingerprint density at radius 2 is 1.17 bits per heavy atom. The summed E-state index contributed by atoms with van der Waals surface area (Å²) in [4.78, 5) is 22.6. The molecule has 0 spiro atoms. The third-order valence-electron chi connectivity index (χ3n) is 8.13. The Bertz CT molecular complexity index is 892. The summed E-state index contributed by atoms with van der Waals surface area (Å²) >= 11 is 0. The van der Waals surface area contributed by atoms with E-state index in [2.05, 4.69) is 55.6 Å². The van der Waals surface area contributed by atoms with E-state index in [1.54, 1.807) is 6.08 Å². The van der Waals surface area contributed by atoms with Gasteiger partial charge in [0.15, 0.2) is 0 Å². The molecule has 48 heavy (non-hydrogen) atoms. The van der Waals surface area contributed by atoms with Gasteiger partial charge in [-0.2, -0.15) is 0 Å². The molecule has 0 aliphatic carbocycles. The van der Waals surface area contributed by atoms with Gasteiger partial charge in [0.1, 0.15) is 0 Å². The first-order chi connectivity index (χ1) is 23.4. The second-order valence-corrected chi connectivity index (χ2v) is 14.2. The number of phosphoric acid groups is 1. The number of nitrogens with two attached hydrogens (primary N) is 1. The van der Waals surface area contributed by atoms with E-state index in [1.165, 1.54) is 83.5 Å². The fraction of sp³-hybridized carbons (Fsp3) is 0.769. The van der Waals surface area contributed by atoms with Gasteiger partial charge in [-0.1, -0.05) is 140 Å². The van der Waals surface area contributed by atoms with Crippen molar-refractivity contribution in [1.82, 2.24) is 5.32 Å². The summed E-state index contributed by atoms with van der Waals surface area (Å²) in [5.74, 6) is -0.216. The molecule has 3 unspecified atom stereocenters. The Kier molecular flexibility index (Phi) is 34.2. The molecule has 5 N–H and O–H groups in total. The largest absolute Gasteiger partial charge is 0.472 e. The number of aliphatic hydroxyl groups is 1. The van der Waals surface area contributed by atoms with Crippen molar-refractivity contribution < 1.29 is 28.4 Å². The summed E-state index contributed by atoms with van der Waals surface area (Å²) in [6.45, 7) is 4.04. The molecule has 0 saturated carbocycles. The fourth-order valence-electron chi connectivity index (χ4n) is 5.18. The predicted octanol–water partition coefficient (Wildman–Crippen LogP) is 10.2. The Balaban J connectivity index is 4.34. The van der Waals surface area contributed by atoms with Crippen LogP contribution in [0, 0.1) is 0 Å². The summed E-state index contributed by atoms with van der Waals surface area (Å²) in [5.41, 5.74) is 5.35. The van der Waals surface area contributed by atoms with Gasteiger partial charge >= 0.3 is 7.82 Å². The lowest BCUT2D eigenvalue weighted by Gasteiger charge is -2.23. The van der Waals surface area contributed by atoms with E-state index in [4.69, 9.17) is 14.8 Å². The summed E-state index contributed by atoms with van der Waals surface area (Å²) in [7, 11) is -4.34. The number of unbranched alkanes of at least 4 members (excludes halogenated alkanes) is 17. The maximum Gasteiger partial charge on any atom is 0.472 e. The quantitative estimate of drug-likeness (QED) is 0.0295. The topological polar surface area (TPSA) is 131 Å². The van der Waals surface area contributed by atoms with Crippen molar-refractivity contribution in [3.8, 4) is 0 Å². The van der Waals surface area contributed by atoms with Crippen LogP contribution in [0.15, 0.2) is 48.6 Å². The first kappa shape index (κ1) is 46.5. The Morgan fingerprint density at radius 3 is 1.77 bits per heavy atom. The number of phosphoric ester groups is 1. The molecular formula is C39H73N2O6P. The number of allylic oxidation sites excluding steroid dienone is 7. The number of carbonyl (C=O) groups is 1. The lowest BCUT2D eigenvalue weighted by atomic mass is 10.1. The van der Waals surface area contributed by atoms with Crippen molar-refractivity contribution in [3.63, 3.8) is 0 Å². The molecule has 9 heteroatoms. The molecule has 0 heterocycles. The molecule has 3 atom stereocenters. The molecule has 0 aromatic heterocycles. The van der Waals surface area contributed by atoms with Crippen LogP contribution in [-0.2, 0) is 18.4 Å². The fourth-order valence-corrected chi connectivity index (χ4v) is 5.94. The molecule has 0 saturated heterocycles. The first-order valence-corrected chi connectivity index (χ1v) is 20.8. The van der Waals surface area contributed by atoms with Gasteiger partial charge in [0.25, 0.3) is 0 Å². The van der Waals surface area contributed by atoms with E-state index < -0.39 is 20.0 Å². The van der Waals surface area contributed by atoms with Crippen LogP contribution in [0.1, 0.15) is 162 Å². The highest BCUT2D eigenvalue weighted by atomic mass is 31.2. The molecule has 1 amide bonds. The zero-order chi connectivity index (χ0) is 35.4. The van der Waals surface area contributed by atoms with E-state index in [0.29, 0.717) is 6.42 Å². The molecule has 0 fully saturated rings. The number of aliphatic hydroxyl groups excluding tert-OH is 1. The lowest BCUT2D eigenvalue weighted by Crippen LogP contribution is -2.45. The molecule has 8 nitrogen and oxygen atoms in total. The van der Waals surface area contributed by atoms with Gasteiger partial charge in [0.2, 0.25) is 5.91 Å². The van der Waals surface area contributed by atoms with Crippen molar-refractivity contribution in [2.45, 2.75) is 174 Å². The highest BCUT2D eigenvalue weighted by molar-refractivity contribution is 7.47. The molecular weight excluding hydrogens is 623 g/mol. The second kappa shape index (κ2) is 35.3. The first-order valence-electron chi connectivity index (χ1n) is 19.3. The van der Waals surface area contributed by atoms with Gasteiger partial charge in [-0.25, -0.2) is 4.57 Å². The van der Waals surface area contributed by atoms with Crippen LogP contribution in [0.25, 0.3) is 0 Å². The van der Waals surface area contributed by atoms with Crippen LogP contribution >= 0.6 is 7.82 Å². The Morgan fingerprint density at radius 1 is 0.688 bits per heavy atom. The highest BCUT2D eigenvalue weighted by Crippen LogP contribution is 2.43. The number of rotatable bonds is 35. The molecule has 0 rings (SSSR count). The Hall–Kier alpha value is -1.54.